The van der Waals surface area contributed by atoms with Crippen LogP contribution < -0.4 is 0 Å². The second-order valence-corrected chi connectivity index (χ2v) is 7.01. The van der Waals surface area contributed by atoms with Gasteiger partial charge >= 0.3 is 12.1 Å². The second-order valence-electron chi connectivity index (χ2n) is 7.01. The van der Waals surface area contributed by atoms with Crippen LogP contribution in [0.4, 0.5) is 13.2 Å². The highest BCUT2D eigenvalue weighted by Gasteiger charge is 2.39. The summed E-state index contributed by atoms with van der Waals surface area (Å²) in [6.45, 7) is 3.94. The lowest BCUT2D eigenvalue weighted by Crippen LogP contribution is -2.48. The molecule has 2 unspecified atom stereocenters. The van der Waals surface area contributed by atoms with E-state index in [4.69, 9.17) is 0 Å². The Labute approximate surface area is 144 Å². The number of amides is 1. The van der Waals surface area contributed by atoms with Crippen LogP contribution in [0.15, 0.2) is 24.3 Å². The summed E-state index contributed by atoms with van der Waals surface area (Å²) >= 11 is 0. The van der Waals surface area contributed by atoms with Crippen LogP contribution in [0, 0.1) is 5.41 Å². The summed E-state index contributed by atoms with van der Waals surface area (Å²) in [6.07, 6.45) is -3.26. The van der Waals surface area contributed by atoms with Gasteiger partial charge in [-0.2, -0.15) is 13.2 Å². The fraction of sp³-hybridized carbons (Fsp3) is 0.556. The Morgan fingerprint density at radius 1 is 1.36 bits per heavy atom. The largest absolute Gasteiger partial charge is 0.481 e. The molecule has 2 rings (SSSR count). The molecular weight excluding hydrogens is 335 g/mol. The molecule has 1 aromatic carbocycles. The quantitative estimate of drug-likeness (QED) is 0.889. The van der Waals surface area contributed by atoms with Gasteiger partial charge in [0.05, 0.1) is 11.0 Å². The van der Waals surface area contributed by atoms with Crippen molar-refractivity contribution >= 4 is 11.9 Å². The van der Waals surface area contributed by atoms with Gasteiger partial charge in [0.1, 0.15) is 0 Å². The lowest BCUT2D eigenvalue weighted by molar-refractivity contribution is -0.153. The van der Waals surface area contributed by atoms with E-state index in [9.17, 15) is 27.9 Å². The lowest BCUT2D eigenvalue weighted by Gasteiger charge is -2.38. The van der Waals surface area contributed by atoms with Gasteiger partial charge in [-0.25, -0.2) is 0 Å². The molecule has 2 atom stereocenters. The SMILES string of the molecule is CC(CC(=O)N1CCCC(C)(C(=O)O)C1)c1cccc(C(F)(F)F)c1. The minimum Gasteiger partial charge on any atom is -0.481 e. The second kappa shape index (κ2) is 7.06. The Morgan fingerprint density at radius 2 is 2.04 bits per heavy atom. The van der Waals surface area contributed by atoms with Gasteiger partial charge in [0.2, 0.25) is 5.91 Å². The van der Waals surface area contributed by atoms with Crippen LogP contribution in [-0.4, -0.2) is 35.0 Å². The van der Waals surface area contributed by atoms with Crippen molar-refractivity contribution < 1.29 is 27.9 Å². The number of hydrogen-bond donors (Lipinski definition) is 1. The number of benzene rings is 1. The van der Waals surface area contributed by atoms with Gasteiger partial charge in [-0.05, 0) is 37.3 Å². The molecule has 1 amide bonds. The monoisotopic (exact) mass is 357 g/mol. The number of aliphatic carboxylic acids is 1. The van der Waals surface area contributed by atoms with Crippen molar-refractivity contribution in [1.29, 1.82) is 0 Å². The van der Waals surface area contributed by atoms with E-state index in [1.165, 1.54) is 11.0 Å². The van der Waals surface area contributed by atoms with Gasteiger partial charge in [0, 0.05) is 19.5 Å². The molecular formula is C18H22F3NO3. The Bertz CT molecular complexity index is 659. The average molecular weight is 357 g/mol. The fourth-order valence-electron chi connectivity index (χ4n) is 3.16. The van der Waals surface area contributed by atoms with E-state index in [0.29, 0.717) is 24.9 Å². The lowest BCUT2D eigenvalue weighted by atomic mass is 9.81. The first kappa shape index (κ1) is 19.3. The van der Waals surface area contributed by atoms with Crippen molar-refractivity contribution in [3.05, 3.63) is 35.4 Å². The third-order valence-corrected chi connectivity index (χ3v) is 4.83. The smallest absolute Gasteiger partial charge is 0.416 e. The highest BCUT2D eigenvalue weighted by Crippen LogP contribution is 2.33. The minimum atomic E-state index is -4.42. The van der Waals surface area contributed by atoms with Crippen LogP contribution in [0.3, 0.4) is 0 Å². The first-order valence-electron chi connectivity index (χ1n) is 8.21. The molecule has 4 nitrogen and oxygen atoms in total. The summed E-state index contributed by atoms with van der Waals surface area (Å²) in [5.41, 5.74) is -1.25. The zero-order chi connectivity index (χ0) is 18.8. The predicted molar refractivity (Wildman–Crippen MR) is 86.0 cm³/mol. The van der Waals surface area contributed by atoms with Gasteiger partial charge in [-0.1, -0.05) is 25.1 Å². The number of rotatable bonds is 4. The van der Waals surface area contributed by atoms with Gasteiger partial charge < -0.3 is 10.0 Å². The highest BCUT2D eigenvalue weighted by molar-refractivity contribution is 5.80. The summed E-state index contributed by atoms with van der Waals surface area (Å²) < 4.78 is 38.4. The molecule has 1 N–H and O–H groups in total. The van der Waals surface area contributed by atoms with E-state index in [2.05, 4.69) is 0 Å². The molecule has 0 saturated carbocycles. The fourth-order valence-corrected chi connectivity index (χ4v) is 3.16. The normalized spacial score (nSPS) is 22.5. The van der Waals surface area contributed by atoms with Crippen molar-refractivity contribution in [1.82, 2.24) is 4.90 Å². The zero-order valence-corrected chi connectivity index (χ0v) is 14.3. The third-order valence-electron chi connectivity index (χ3n) is 4.83. The Balaban J connectivity index is 2.06. The third kappa shape index (κ3) is 4.52. The van der Waals surface area contributed by atoms with Gasteiger partial charge in [0.25, 0.3) is 0 Å². The molecule has 7 heteroatoms. The number of carbonyl (C=O) groups excluding carboxylic acids is 1. The van der Waals surface area contributed by atoms with Crippen molar-refractivity contribution in [2.24, 2.45) is 5.41 Å². The van der Waals surface area contributed by atoms with E-state index in [-0.39, 0.29) is 24.8 Å². The molecule has 1 aliphatic heterocycles. The molecule has 1 aromatic rings. The summed E-state index contributed by atoms with van der Waals surface area (Å²) in [7, 11) is 0. The summed E-state index contributed by atoms with van der Waals surface area (Å²) in [5.74, 6) is -1.54. The number of carbonyl (C=O) groups is 2. The number of halogens is 3. The average Bonchev–Trinajstić information content (AvgIpc) is 2.54. The van der Waals surface area contributed by atoms with Gasteiger partial charge in [-0.3, -0.25) is 9.59 Å². The van der Waals surface area contributed by atoms with Gasteiger partial charge in [-0.15, -0.1) is 0 Å². The van der Waals surface area contributed by atoms with Crippen LogP contribution >= 0.6 is 0 Å². The van der Waals surface area contributed by atoms with E-state index in [1.807, 2.05) is 0 Å². The summed E-state index contributed by atoms with van der Waals surface area (Å²) in [6, 6.07) is 4.97. The molecule has 1 aliphatic rings. The van der Waals surface area contributed by atoms with Crippen LogP contribution in [0.1, 0.15) is 50.2 Å². The minimum absolute atomic E-state index is 0.0526. The molecule has 0 radical (unpaired) electrons. The van der Waals surface area contributed by atoms with Crippen LogP contribution in [-0.2, 0) is 15.8 Å². The Kier molecular flexibility index (Phi) is 5.44. The molecule has 1 fully saturated rings. The maximum atomic E-state index is 12.8. The van der Waals surface area contributed by atoms with Gasteiger partial charge in [0.15, 0.2) is 0 Å². The van der Waals surface area contributed by atoms with Crippen LogP contribution in [0.5, 0.6) is 0 Å². The topological polar surface area (TPSA) is 57.6 Å². The number of likely N-dealkylation sites (tertiary alicyclic amines) is 1. The number of alkyl halides is 3. The predicted octanol–water partition coefficient (Wildman–Crippen LogP) is 3.91. The Morgan fingerprint density at radius 3 is 2.64 bits per heavy atom. The molecule has 0 aromatic heterocycles. The van der Waals surface area contributed by atoms with Crippen molar-refractivity contribution in [3.8, 4) is 0 Å². The van der Waals surface area contributed by atoms with Crippen LogP contribution in [0.2, 0.25) is 0 Å². The molecule has 0 bridgehead atoms. The number of piperidine rings is 1. The molecule has 1 saturated heterocycles. The van der Waals surface area contributed by atoms with E-state index < -0.39 is 23.1 Å². The van der Waals surface area contributed by atoms with Crippen LogP contribution in [0.25, 0.3) is 0 Å². The maximum Gasteiger partial charge on any atom is 0.416 e. The van der Waals surface area contributed by atoms with Crippen molar-refractivity contribution in [2.45, 2.75) is 45.2 Å². The standard InChI is InChI=1S/C18H22F3NO3/c1-12(13-5-3-6-14(10-13)18(19,20)21)9-15(23)22-8-4-7-17(2,11-22)16(24)25/h3,5-6,10,12H,4,7-9,11H2,1-2H3,(H,24,25). The molecule has 1 heterocycles. The van der Waals surface area contributed by atoms with E-state index in [1.54, 1.807) is 19.9 Å². The molecule has 0 spiro atoms. The summed E-state index contributed by atoms with van der Waals surface area (Å²) in [5, 5.41) is 9.32. The van der Waals surface area contributed by atoms with Crippen molar-refractivity contribution in [3.63, 3.8) is 0 Å². The number of nitrogens with zero attached hydrogens (tertiary/aromatic N) is 1. The zero-order valence-electron chi connectivity index (χ0n) is 14.3. The first-order valence-corrected chi connectivity index (χ1v) is 8.21. The number of carboxylic acid groups (broad SMARTS) is 1. The molecule has 138 valence electrons. The maximum absolute atomic E-state index is 12.8. The first-order chi connectivity index (χ1) is 11.5. The number of carboxylic acids is 1. The molecule has 0 aliphatic carbocycles. The molecule has 25 heavy (non-hydrogen) atoms. The van der Waals surface area contributed by atoms with E-state index >= 15 is 0 Å². The summed E-state index contributed by atoms with van der Waals surface area (Å²) in [4.78, 5) is 25.4. The van der Waals surface area contributed by atoms with E-state index in [0.717, 1.165) is 12.1 Å². The highest BCUT2D eigenvalue weighted by atomic mass is 19.4. The number of hydrogen-bond acceptors (Lipinski definition) is 2. The Hall–Kier alpha value is -2.05. The van der Waals surface area contributed by atoms with Crippen molar-refractivity contribution in [2.75, 3.05) is 13.1 Å².